The number of carboxylic acid groups (broad SMARTS) is 1. The van der Waals surface area contributed by atoms with Crippen molar-refractivity contribution in [2.24, 2.45) is 5.73 Å². The van der Waals surface area contributed by atoms with Crippen LogP contribution in [0.1, 0.15) is 5.69 Å². The Labute approximate surface area is 92.0 Å². The molecule has 0 saturated carbocycles. The second-order valence-corrected chi connectivity index (χ2v) is 2.85. The predicted octanol–water partition coefficient (Wildman–Crippen LogP) is 0.941. The maximum absolute atomic E-state index is 10.3. The van der Waals surface area contributed by atoms with Crippen molar-refractivity contribution >= 4 is 42.1 Å². The van der Waals surface area contributed by atoms with Gasteiger partial charge in [-0.3, -0.25) is 4.79 Å². The van der Waals surface area contributed by atoms with E-state index in [0.29, 0.717) is 6.42 Å². The third kappa shape index (κ3) is 5.05. The van der Waals surface area contributed by atoms with Gasteiger partial charge in [-0.2, -0.15) is 0 Å². The molecule has 0 bridgehead atoms. The van der Waals surface area contributed by atoms with Crippen LogP contribution in [0, 0.1) is 0 Å². The Bertz CT molecular complexity index is 243. The molecule has 1 aromatic heterocycles. The third-order valence-electron chi connectivity index (χ3n) is 1.23. The SMILES string of the molecule is Cl.Cl.NC(Cc1cscn1)C(=O)O. The van der Waals surface area contributed by atoms with Crippen LogP contribution in [0.25, 0.3) is 0 Å². The summed E-state index contributed by atoms with van der Waals surface area (Å²) in [5, 5.41) is 10.2. The zero-order valence-corrected chi connectivity index (χ0v) is 8.99. The van der Waals surface area contributed by atoms with Crippen molar-refractivity contribution in [1.29, 1.82) is 0 Å². The van der Waals surface area contributed by atoms with E-state index in [1.54, 1.807) is 10.9 Å². The van der Waals surface area contributed by atoms with E-state index in [1.807, 2.05) is 0 Å². The van der Waals surface area contributed by atoms with Crippen LogP contribution in [0.15, 0.2) is 10.9 Å². The van der Waals surface area contributed by atoms with Crippen LogP contribution in [0.2, 0.25) is 0 Å². The van der Waals surface area contributed by atoms with Crippen molar-refractivity contribution < 1.29 is 9.90 Å². The molecular weight excluding hydrogens is 235 g/mol. The molecule has 0 fully saturated rings. The largest absolute Gasteiger partial charge is 0.480 e. The monoisotopic (exact) mass is 244 g/mol. The van der Waals surface area contributed by atoms with Crippen LogP contribution in [0.4, 0.5) is 0 Å². The van der Waals surface area contributed by atoms with Crippen molar-refractivity contribution in [3.63, 3.8) is 0 Å². The molecule has 1 aromatic rings. The van der Waals surface area contributed by atoms with E-state index in [9.17, 15) is 4.79 Å². The fourth-order valence-electron chi connectivity index (χ4n) is 0.651. The molecule has 4 nitrogen and oxygen atoms in total. The van der Waals surface area contributed by atoms with E-state index >= 15 is 0 Å². The number of carboxylic acids is 1. The molecule has 1 heterocycles. The number of hydrogen-bond acceptors (Lipinski definition) is 4. The van der Waals surface area contributed by atoms with Crippen LogP contribution in [0.5, 0.6) is 0 Å². The number of nitrogens with zero attached hydrogens (tertiary/aromatic N) is 1. The number of aliphatic carboxylic acids is 1. The third-order valence-corrected chi connectivity index (χ3v) is 1.86. The highest BCUT2D eigenvalue weighted by Gasteiger charge is 2.12. The average molecular weight is 245 g/mol. The summed E-state index contributed by atoms with van der Waals surface area (Å²) in [6, 6.07) is -0.836. The van der Waals surface area contributed by atoms with Gasteiger partial charge in [-0.1, -0.05) is 0 Å². The molecule has 0 aromatic carbocycles. The predicted molar refractivity (Wildman–Crippen MR) is 55.9 cm³/mol. The Hall–Kier alpha value is -0.360. The summed E-state index contributed by atoms with van der Waals surface area (Å²) in [6.45, 7) is 0. The molecule has 0 aliphatic heterocycles. The van der Waals surface area contributed by atoms with E-state index in [-0.39, 0.29) is 24.8 Å². The zero-order valence-electron chi connectivity index (χ0n) is 6.54. The molecule has 1 unspecified atom stereocenters. The Morgan fingerprint density at radius 3 is 2.69 bits per heavy atom. The van der Waals surface area contributed by atoms with Gasteiger partial charge in [-0.25, -0.2) is 4.98 Å². The molecule has 0 spiro atoms. The van der Waals surface area contributed by atoms with E-state index < -0.39 is 12.0 Å². The summed E-state index contributed by atoms with van der Waals surface area (Å²) in [6.07, 6.45) is 0.304. The number of nitrogens with two attached hydrogens (primary N) is 1. The lowest BCUT2D eigenvalue weighted by Crippen LogP contribution is -2.32. The van der Waals surface area contributed by atoms with E-state index in [1.165, 1.54) is 11.3 Å². The number of carbonyl (C=O) groups is 1. The summed E-state index contributed by atoms with van der Waals surface area (Å²) in [5.41, 5.74) is 7.67. The van der Waals surface area contributed by atoms with Gasteiger partial charge < -0.3 is 10.8 Å². The van der Waals surface area contributed by atoms with Crippen LogP contribution in [-0.2, 0) is 11.2 Å². The molecule has 3 N–H and O–H groups in total. The minimum atomic E-state index is -0.988. The first-order chi connectivity index (χ1) is 5.20. The molecule has 1 rings (SSSR count). The lowest BCUT2D eigenvalue weighted by atomic mass is 10.2. The quantitative estimate of drug-likeness (QED) is 0.830. The summed E-state index contributed by atoms with van der Waals surface area (Å²) < 4.78 is 0. The minimum absolute atomic E-state index is 0. The zero-order chi connectivity index (χ0) is 8.27. The molecule has 7 heteroatoms. The van der Waals surface area contributed by atoms with Crippen molar-refractivity contribution in [3.05, 3.63) is 16.6 Å². The van der Waals surface area contributed by atoms with E-state index in [0.717, 1.165) is 5.69 Å². The molecule has 0 radical (unpaired) electrons. The smallest absolute Gasteiger partial charge is 0.320 e. The maximum Gasteiger partial charge on any atom is 0.320 e. The highest BCUT2D eigenvalue weighted by molar-refractivity contribution is 7.07. The van der Waals surface area contributed by atoms with Gasteiger partial charge in [-0.15, -0.1) is 36.2 Å². The summed E-state index contributed by atoms with van der Waals surface area (Å²) in [5.74, 6) is -0.988. The van der Waals surface area contributed by atoms with Crippen LogP contribution in [-0.4, -0.2) is 22.1 Å². The number of hydrogen-bond donors (Lipinski definition) is 2. The molecule has 76 valence electrons. The first-order valence-electron chi connectivity index (χ1n) is 3.05. The number of thiazole rings is 1. The molecule has 13 heavy (non-hydrogen) atoms. The molecular formula is C6H10Cl2N2O2S. The second kappa shape index (κ2) is 7.08. The first-order valence-corrected chi connectivity index (χ1v) is 4.00. The second-order valence-electron chi connectivity index (χ2n) is 2.13. The van der Waals surface area contributed by atoms with Crippen LogP contribution >= 0.6 is 36.2 Å². The molecule has 1 atom stereocenters. The van der Waals surface area contributed by atoms with Gasteiger partial charge in [0.25, 0.3) is 0 Å². The standard InChI is InChI=1S/C6H8N2O2S.2ClH/c7-5(6(9)10)1-4-2-11-3-8-4;;/h2-3,5H,1,7H2,(H,9,10);2*1H. The van der Waals surface area contributed by atoms with Gasteiger partial charge in [0.1, 0.15) is 6.04 Å². The van der Waals surface area contributed by atoms with Crippen LogP contribution in [0.3, 0.4) is 0 Å². The van der Waals surface area contributed by atoms with Gasteiger partial charge in [0.05, 0.1) is 11.2 Å². The summed E-state index contributed by atoms with van der Waals surface area (Å²) >= 11 is 1.43. The van der Waals surface area contributed by atoms with Gasteiger partial charge >= 0.3 is 5.97 Å². The average Bonchev–Trinajstić information content (AvgIpc) is 2.39. The number of rotatable bonds is 3. The summed E-state index contributed by atoms with van der Waals surface area (Å²) in [7, 11) is 0. The number of aromatic nitrogens is 1. The Balaban J connectivity index is 0. The maximum atomic E-state index is 10.3. The molecule has 0 aliphatic carbocycles. The van der Waals surface area contributed by atoms with Crippen molar-refractivity contribution in [2.75, 3.05) is 0 Å². The normalized spacial score (nSPS) is 10.8. The number of halogens is 2. The van der Waals surface area contributed by atoms with Gasteiger partial charge in [0.15, 0.2) is 0 Å². The Kier molecular flexibility index (Phi) is 8.24. The van der Waals surface area contributed by atoms with E-state index in [2.05, 4.69) is 4.98 Å². The highest BCUT2D eigenvalue weighted by atomic mass is 35.5. The first kappa shape index (κ1) is 15.1. The molecule has 0 aliphatic rings. The van der Waals surface area contributed by atoms with Crippen molar-refractivity contribution in [2.45, 2.75) is 12.5 Å². The lowest BCUT2D eigenvalue weighted by Gasteiger charge is -2.01. The van der Waals surface area contributed by atoms with E-state index in [4.69, 9.17) is 10.8 Å². The van der Waals surface area contributed by atoms with Crippen molar-refractivity contribution in [3.8, 4) is 0 Å². The highest BCUT2D eigenvalue weighted by Crippen LogP contribution is 2.02. The van der Waals surface area contributed by atoms with Crippen molar-refractivity contribution in [1.82, 2.24) is 4.98 Å². The fraction of sp³-hybridized carbons (Fsp3) is 0.333. The topological polar surface area (TPSA) is 76.2 Å². The van der Waals surface area contributed by atoms with Gasteiger partial charge in [0.2, 0.25) is 0 Å². The minimum Gasteiger partial charge on any atom is -0.480 e. The fourth-order valence-corrected chi connectivity index (χ4v) is 1.22. The Morgan fingerprint density at radius 2 is 2.31 bits per heavy atom. The van der Waals surface area contributed by atoms with Gasteiger partial charge in [-0.05, 0) is 0 Å². The van der Waals surface area contributed by atoms with Gasteiger partial charge in [0, 0.05) is 11.8 Å². The molecule has 0 saturated heterocycles. The summed E-state index contributed by atoms with van der Waals surface area (Å²) in [4.78, 5) is 14.2. The molecule has 0 amide bonds. The lowest BCUT2D eigenvalue weighted by molar-refractivity contribution is -0.138. The van der Waals surface area contributed by atoms with Crippen LogP contribution < -0.4 is 5.73 Å². The Morgan fingerprint density at radius 1 is 1.69 bits per heavy atom.